The Morgan fingerprint density at radius 3 is 2.47 bits per heavy atom. The van der Waals surface area contributed by atoms with Crippen molar-refractivity contribution >= 4 is 52.2 Å². The molecule has 1 saturated heterocycles. The Labute approximate surface area is 226 Å². The van der Waals surface area contributed by atoms with E-state index in [1.54, 1.807) is 30.3 Å². The van der Waals surface area contributed by atoms with Crippen molar-refractivity contribution in [3.05, 3.63) is 98.4 Å². The summed E-state index contributed by atoms with van der Waals surface area (Å²) in [6, 6.07) is 18.1. The van der Waals surface area contributed by atoms with Gasteiger partial charge >= 0.3 is 4.87 Å². The predicted octanol–water partition coefficient (Wildman–Crippen LogP) is 4.55. The van der Waals surface area contributed by atoms with E-state index < -0.39 is 17.1 Å². The van der Waals surface area contributed by atoms with E-state index in [1.807, 2.05) is 44.2 Å². The van der Waals surface area contributed by atoms with Gasteiger partial charge in [-0.25, -0.2) is 4.90 Å². The lowest BCUT2D eigenvalue weighted by molar-refractivity contribution is -0.122. The molecule has 0 radical (unpaired) electrons. The van der Waals surface area contributed by atoms with Crippen molar-refractivity contribution in [1.29, 1.82) is 0 Å². The number of hydrogen-bond donors (Lipinski definition) is 1. The molecule has 0 bridgehead atoms. The first-order chi connectivity index (χ1) is 18.3. The number of anilines is 2. The van der Waals surface area contributed by atoms with Crippen molar-refractivity contribution in [1.82, 2.24) is 4.57 Å². The molecule has 0 spiro atoms. The van der Waals surface area contributed by atoms with Gasteiger partial charge in [0.15, 0.2) is 0 Å². The smallest absolute Gasteiger partial charge is 0.308 e. The first-order valence-corrected chi connectivity index (χ1v) is 13.8. The van der Waals surface area contributed by atoms with Gasteiger partial charge in [0.1, 0.15) is 17.6 Å². The first-order valence-electron chi connectivity index (χ1n) is 12.1. The van der Waals surface area contributed by atoms with Crippen LogP contribution in [-0.2, 0) is 20.9 Å². The lowest BCUT2D eigenvalue weighted by Crippen LogP contribution is -2.32. The average Bonchev–Trinajstić information content (AvgIpc) is 3.58. The number of imide groups is 1. The third kappa shape index (κ3) is 4.10. The van der Waals surface area contributed by atoms with E-state index in [1.165, 1.54) is 27.5 Å². The lowest BCUT2D eigenvalue weighted by atomic mass is 9.87. The number of thiazole rings is 1. The van der Waals surface area contributed by atoms with E-state index in [9.17, 15) is 19.2 Å². The summed E-state index contributed by atoms with van der Waals surface area (Å²) in [4.78, 5) is 55.0. The van der Waals surface area contributed by atoms with Crippen LogP contribution < -0.4 is 15.1 Å². The van der Waals surface area contributed by atoms with Crippen LogP contribution >= 0.6 is 23.1 Å². The number of furan rings is 1. The number of amides is 3. The van der Waals surface area contributed by atoms with Gasteiger partial charge in [-0.3, -0.25) is 23.7 Å². The Morgan fingerprint density at radius 1 is 0.974 bits per heavy atom. The van der Waals surface area contributed by atoms with Crippen LogP contribution in [-0.4, -0.2) is 27.5 Å². The van der Waals surface area contributed by atoms with E-state index in [0.717, 1.165) is 22.5 Å². The van der Waals surface area contributed by atoms with Crippen molar-refractivity contribution in [2.75, 3.05) is 10.2 Å². The first kappa shape index (κ1) is 24.4. The number of hydrogen-bond acceptors (Lipinski definition) is 7. The van der Waals surface area contributed by atoms with Crippen LogP contribution in [0.1, 0.15) is 27.7 Å². The van der Waals surface area contributed by atoms with E-state index in [4.69, 9.17) is 4.42 Å². The van der Waals surface area contributed by atoms with Gasteiger partial charge in [-0.2, -0.15) is 0 Å². The number of aromatic nitrogens is 1. The third-order valence-electron chi connectivity index (χ3n) is 6.79. The van der Waals surface area contributed by atoms with E-state index in [-0.39, 0.29) is 29.1 Å². The summed E-state index contributed by atoms with van der Waals surface area (Å²) < 4.78 is 7.12. The van der Waals surface area contributed by atoms with E-state index in [0.29, 0.717) is 27.0 Å². The van der Waals surface area contributed by atoms with Crippen molar-refractivity contribution in [2.45, 2.75) is 36.6 Å². The van der Waals surface area contributed by atoms with Crippen LogP contribution in [0.25, 0.3) is 0 Å². The summed E-state index contributed by atoms with van der Waals surface area (Å²) in [5.74, 6) is -1.87. The largest absolute Gasteiger partial charge is 0.469 e. The second-order valence-electron chi connectivity index (χ2n) is 9.45. The molecule has 6 rings (SSSR count). The Hall–Kier alpha value is -3.89. The van der Waals surface area contributed by atoms with Crippen LogP contribution in [0, 0.1) is 19.8 Å². The number of nitrogens with one attached hydrogen (secondary N) is 1. The van der Waals surface area contributed by atoms with Crippen LogP contribution in [0.3, 0.4) is 0 Å². The molecule has 192 valence electrons. The summed E-state index contributed by atoms with van der Waals surface area (Å²) >= 11 is 2.17. The number of fused-ring (bicyclic) bond motifs is 2. The number of benzene rings is 2. The molecule has 4 aromatic rings. The number of aryl methyl sites for hydroxylation is 2. The molecule has 1 fully saturated rings. The standard InChI is InChI=1S/C28H23N3O5S2/c1-15-8-10-18(11-9-15)31-25(33)22-21(19-7-4-12-36-19)24-27(37-23(22)26(31)34)30(28(35)38-24)14-20(32)29-17-6-3-5-16(2)13-17/h3-13,21-23H,14H2,1-2H3,(H,29,32). The zero-order valence-corrected chi connectivity index (χ0v) is 22.2. The van der Waals surface area contributed by atoms with Crippen molar-refractivity contribution in [3.8, 4) is 0 Å². The Kier molecular flexibility index (Phi) is 6.08. The van der Waals surface area contributed by atoms with Crippen LogP contribution in [0.4, 0.5) is 11.4 Å². The molecule has 3 atom stereocenters. The molecule has 2 aromatic heterocycles. The van der Waals surface area contributed by atoms with Crippen molar-refractivity contribution < 1.29 is 18.8 Å². The highest BCUT2D eigenvalue weighted by atomic mass is 32.2. The third-order valence-corrected chi connectivity index (χ3v) is 9.40. The van der Waals surface area contributed by atoms with E-state index in [2.05, 4.69) is 5.32 Å². The minimum Gasteiger partial charge on any atom is -0.469 e. The Morgan fingerprint density at radius 2 is 1.76 bits per heavy atom. The van der Waals surface area contributed by atoms with Crippen molar-refractivity contribution in [2.24, 2.45) is 5.92 Å². The summed E-state index contributed by atoms with van der Waals surface area (Å²) in [7, 11) is 0. The van der Waals surface area contributed by atoms with Gasteiger partial charge in [-0.05, 0) is 55.8 Å². The van der Waals surface area contributed by atoms with Gasteiger partial charge in [0.2, 0.25) is 17.7 Å². The van der Waals surface area contributed by atoms with Crippen LogP contribution in [0.15, 0.2) is 81.2 Å². The monoisotopic (exact) mass is 545 g/mol. The zero-order valence-electron chi connectivity index (χ0n) is 20.5. The summed E-state index contributed by atoms with van der Waals surface area (Å²) in [5.41, 5.74) is 3.16. The van der Waals surface area contributed by atoms with Crippen molar-refractivity contribution in [3.63, 3.8) is 0 Å². The summed E-state index contributed by atoms with van der Waals surface area (Å²) in [5, 5.41) is 2.60. The number of nitrogens with zero attached hydrogens (tertiary/aromatic N) is 2. The molecule has 8 nitrogen and oxygen atoms in total. The molecular weight excluding hydrogens is 522 g/mol. The topological polar surface area (TPSA) is 102 Å². The normalized spacial score (nSPS) is 20.4. The molecule has 0 saturated carbocycles. The minimum absolute atomic E-state index is 0.211. The predicted molar refractivity (Wildman–Crippen MR) is 146 cm³/mol. The molecule has 4 heterocycles. The Balaban J connectivity index is 1.38. The molecule has 2 aliphatic heterocycles. The molecule has 38 heavy (non-hydrogen) atoms. The number of thioether (sulfide) groups is 1. The van der Waals surface area contributed by atoms with Gasteiger partial charge in [0.25, 0.3) is 0 Å². The second-order valence-corrected chi connectivity index (χ2v) is 11.6. The highest BCUT2D eigenvalue weighted by molar-refractivity contribution is 8.00. The molecular formula is C28H23N3O5S2. The highest BCUT2D eigenvalue weighted by Crippen LogP contribution is 2.53. The summed E-state index contributed by atoms with van der Waals surface area (Å²) in [6.07, 6.45) is 1.51. The number of rotatable bonds is 5. The molecule has 0 aliphatic carbocycles. The molecule has 1 N–H and O–H groups in total. The molecule has 2 aromatic carbocycles. The molecule has 2 aliphatic rings. The SMILES string of the molecule is Cc1ccc(N2C(=O)C3Sc4c(sc(=O)n4CC(=O)Nc4cccc(C)c4)C(c4ccco4)C3C2=O)cc1. The lowest BCUT2D eigenvalue weighted by Gasteiger charge is -2.29. The average molecular weight is 546 g/mol. The van der Waals surface area contributed by atoms with Crippen LogP contribution in [0.2, 0.25) is 0 Å². The number of carbonyl (C=O) groups is 3. The van der Waals surface area contributed by atoms with E-state index >= 15 is 0 Å². The fourth-order valence-electron chi connectivity index (χ4n) is 5.05. The second kappa shape index (κ2) is 9.45. The van der Waals surface area contributed by atoms with Gasteiger partial charge in [0.05, 0.1) is 33.7 Å². The van der Waals surface area contributed by atoms with Gasteiger partial charge in [-0.15, -0.1) is 0 Å². The molecule has 3 amide bonds. The zero-order chi connectivity index (χ0) is 26.6. The highest BCUT2D eigenvalue weighted by Gasteiger charge is 2.57. The Bertz CT molecular complexity index is 1620. The maximum atomic E-state index is 13.8. The number of carbonyl (C=O) groups excluding carboxylic acids is 3. The van der Waals surface area contributed by atoms with Gasteiger partial charge < -0.3 is 9.73 Å². The maximum Gasteiger partial charge on any atom is 0.308 e. The molecule has 3 unspecified atom stereocenters. The minimum atomic E-state index is -0.758. The van der Waals surface area contributed by atoms with Gasteiger partial charge in [-0.1, -0.05) is 52.9 Å². The quantitative estimate of drug-likeness (QED) is 0.369. The van der Waals surface area contributed by atoms with Crippen LogP contribution in [0.5, 0.6) is 0 Å². The summed E-state index contributed by atoms with van der Waals surface area (Å²) in [6.45, 7) is 3.65. The fourth-order valence-corrected chi connectivity index (χ4v) is 7.80. The van der Waals surface area contributed by atoms with Gasteiger partial charge in [0, 0.05) is 5.69 Å². The fraction of sp³-hybridized carbons (Fsp3) is 0.214. The maximum absolute atomic E-state index is 13.8. The molecule has 10 heteroatoms.